The van der Waals surface area contributed by atoms with Crippen LogP contribution in [-0.4, -0.2) is 41.3 Å². The van der Waals surface area contributed by atoms with Gasteiger partial charge in [0.15, 0.2) is 0 Å². The number of nitrogens with one attached hydrogen (secondary N) is 2. The van der Waals surface area contributed by atoms with Crippen LogP contribution >= 0.6 is 0 Å². The number of carboxylic acids is 1. The summed E-state index contributed by atoms with van der Waals surface area (Å²) in [5.41, 5.74) is 3.89. The van der Waals surface area contributed by atoms with Crippen LogP contribution in [0, 0.1) is 0 Å². The minimum Gasteiger partial charge on any atom is -0.481 e. The Balaban J connectivity index is 1.68. The van der Waals surface area contributed by atoms with Crippen LogP contribution < -0.4 is 10.6 Å². The molecule has 0 saturated carbocycles. The van der Waals surface area contributed by atoms with Gasteiger partial charge in [0.25, 0.3) is 0 Å². The smallest absolute Gasteiger partial charge is 0.407 e. The van der Waals surface area contributed by atoms with Crippen LogP contribution in [0.4, 0.5) is 4.79 Å². The molecule has 170 valence electrons. The highest BCUT2D eigenvalue weighted by molar-refractivity contribution is 5.89. The SMILES string of the molecule is CCC(C)(CC)NC(=O)C(CC(=O)O)NC(=O)OCC1c2ccccc2-c2ccccc21. The molecule has 2 amide bonds. The monoisotopic (exact) mass is 438 g/mol. The van der Waals surface area contributed by atoms with Gasteiger partial charge in [-0.1, -0.05) is 62.4 Å². The third kappa shape index (κ3) is 5.10. The van der Waals surface area contributed by atoms with Gasteiger partial charge >= 0.3 is 12.1 Å². The van der Waals surface area contributed by atoms with Gasteiger partial charge in [0.05, 0.1) is 6.42 Å². The van der Waals surface area contributed by atoms with Crippen molar-refractivity contribution in [3.05, 3.63) is 59.7 Å². The highest BCUT2D eigenvalue weighted by Gasteiger charge is 2.32. The highest BCUT2D eigenvalue weighted by atomic mass is 16.5. The number of alkyl carbamates (subject to hydrolysis) is 1. The molecule has 1 unspecified atom stereocenters. The van der Waals surface area contributed by atoms with Crippen molar-refractivity contribution in [1.82, 2.24) is 10.6 Å². The Morgan fingerprint density at radius 3 is 2.03 bits per heavy atom. The molecule has 0 heterocycles. The number of ether oxygens (including phenoxy) is 1. The van der Waals surface area contributed by atoms with Crippen LogP contribution in [0.25, 0.3) is 11.1 Å². The van der Waals surface area contributed by atoms with Gasteiger partial charge in [0.1, 0.15) is 12.6 Å². The van der Waals surface area contributed by atoms with Gasteiger partial charge < -0.3 is 20.5 Å². The molecule has 0 fully saturated rings. The number of fused-ring (bicyclic) bond motifs is 3. The van der Waals surface area contributed by atoms with E-state index in [1.807, 2.05) is 69.3 Å². The maximum atomic E-state index is 12.7. The number of amides is 2. The molecule has 0 aliphatic heterocycles. The second kappa shape index (κ2) is 9.85. The van der Waals surface area contributed by atoms with Gasteiger partial charge in [-0.15, -0.1) is 0 Å². The molecular weight excluding hydrogens is 408 g/mol. The normalized spacial score (nSPS) is 13.6. The number of benzene rings is 2. The first-order chi connectivity index (χ1) is 15.3. The topological polar surface area (TPSA) is 105 Å². The second-order valence-corrected chi connectivity index (χ2v) is 8.38. The van der Waals surface area contributed by atoms with Crippen LogP contribution in [0.2, 0.25) is 0 Å². The van der Waals surface area contributed by atoms with E-state index in [1.54, 1.807) is 0 Å². The fourth-order valence-electron chi connectivity index (χ4n) is 3.98. The minimum absolute atomic E-state index is 0.0862. The lowest BCUT2D eigenvalue weighted by atomic mass is 9.95. The second-order valence-electron chi connectivity index (χ2n) is 8.38. The third-order valence-corrected chi connectivity index (χ3v) is 6.32. The van der Waals surface area contributed by atoms with E-state index < -0.39 is 36.0 Å². The maximum absolute atomic E-state index is 12.7. The van der Waals surface area contributed by atoms with Crippen molar-refractivity contribution < 1.29 is 24.2 Å². The van der Waals surface area contributed by atoms with E-state index in [9.17, 15) is 19.5 Å². The van der Waals surface area contributed by atoms with Gasteiger partial charge in [0, 0.05) is 11.5 Å². The van der Waals surface area contributed by atoms with Crippen molar-refractivity contribution in [2.24, 2.45) is 0 Å². The summed E-state index contributed by atoms with van der Waals surface area (Å²) < 4.78 is 5.46. The van der Waals surface area contributed by atoms with Crippen LogP contribution in [0.1, 0.15) is 57.1 Å². The summed E-state index contributed by atoms with van der Waals surface area (Å²) in [5, 5.41) is 14.5. The van der Waals surface area contributed by atoms with Crippen LogP contribution in [0.15, 0.2) is 48.5 Å². The molecule has 1 aliphatic rings. The van der Waals surface area contributed by atoms with Gasteiger partial charge in [-0.25, -0.2) is 4.79 Å². The predicted molar refractivity (Wildman–Crippen MR) is 121 cm³/mol. The molecule has 2 aromatic rings. The van der Waals surface area contributed by atoms with Gasteiger partial charge in [0.2, 0.25) is 5.91 Å². The molecule has 3 rings (SSSR count). The van der Waals surface area contributed by atoms with Crippen molar-refractivity contribution >= 4 is 18.0 Å². The number of hydrogen-bond acceptors (Lipinski definition) is 4. The Labute approximate surface area is 188 Å². The van der Waals surface area contributed by atoms with Crippen LogP contribution in [-0.2, 0) is 14.3 Å². The summed E-state index contributed by atoms with van der Waals surface area (Å²) in [4.78, 5) is 36.5. The molecule has 7 nitrogen and oxygen atoms in total. The van der Waals surface area contributed by atoms with Crippen molar-refractivity contribution in [1.29, 1.82) is 0 Å². The molecule has 3 N–H and O–H groups in total. The molecule has 0 radical (unpaired) electrons. The molecule has 0 bridgehead atoms. The van der Waals surface area contributed by atoms with Gasteiger partial charge in [-0.2, -0.15) is 0 Å². The number of carbonyl (C=O) groups is 3. The predicted octanol–water partition coefficient (Wildman–Crippen LogP) is 4.06. The Bertz CT molecular complexity index is 954. The Kier molecular flexibility index (Phi) is 7.18. The summed E-state index contributed by atoms with van der Waals surface area (Å²) in [6, 6.07) is 14.7. The number of rotatable bonds is 9. The van der Waals surface area contributed by atoms with Crippen LogP contribution in [0.3, 0.4) is 0 Å². The zero-order valence-electron chi connectivity index (χ0n) is 18.7. The lowest BCUT2D eigenvalue weighted by Crippen LogP contribution is -2.54. The minimum atomic E-state index is -1.22. The molecular formula is C25H30N2O5. The summed E-state index contributed by atoms with van der Waals surface area (Å²) in [6.45, 7) is 5.85. The standard InChI is InChI=1S/C25H30N2O5/c1-4-25(3,5-2)27-23(30)21(14-22(28)29)26-24(31)32-15-20-18-12-8-6-10-16(18)17-11-7-9-13-19(17)20/h6-13,20-21H,4-5,14-15H2,1-3H3,(H,26,31)(H,27,30)(H,28,29). The first-order valence-corrected chi connectivity index (χ1v) is 10.9. The number of carboxylic acid groups (broad SMARTS) is 1. The van der Waals surface area contributed by atoms with Crippen molar-refractivity contribution in [3.63, 3.8) is 0 Å². The van der Waals surface area contributed by atoms with Crippen LogP contribution in [0.5, 0.6) is 0 Å². The lowest BCUT2D eigenvalue weighted by molar-refractivity contribution is -0.140. The van der Waals surface area contributed by atoms with Gasteiger partial charge in [-0.3, -0.25) is 9.59 Å². The molecule has 1 aliphatic carbocycles. The number of carbonyl (C=O) groups excluding carboxylic acids is 2. The highest BCUT2D eigenvalue weighted by Crippen LogP contribution is 2.44. The quantitative estimate of drug-likeness (QED) is 0.548. The lowest BCUT2D eigenvalue weighted by Gasteiger charge is -2.30. The molecule has 32 heavy (non-hydrogen) atoms. The fraction of sp³-hybridized carbons (Fsp3) is 0.400. The number of aliphatic carboxylic acids is 1. The molecule has 1 atom stereocenters. The Morgan fingerprint density at radius 1 is 1.00 bits per heavy atom. The molecule has 0 aromatic heterocycles. The molecule has 2 aromatic carbocycles. The zero-order valence-corrected chi connectivity index (χ0v) is 18.7. The van der Waals surface area contributed by atoms with E-state index in [0.29, 0.717) is 12.8 Å². The first kappa shape index (κ1) is 23.3. The van der Waals surface area contributed by atoms with Gasteiger partial charge in [-0.05, 0) is 42.0 Å². The average Bonchev–Trinajstić information content (AvgIpc) is 3.10. The first-order valence-electron chi connectivity index (χ1n) is 10.9. The van der Waals surface area contributed by atoms with Crippen molar-refractivity contribution in [3.8, 4) is 11.1 Å². The summed E-state index contributed by atoms with van der Waals surface area (Å²) in [5.74, 6) is -1.84. The zero-order chi connectivity index (χ0) is 23.3. The van der Waals surface area contributed by atoms with Crippen molar-refractivity contribution in [2.75, 3.05) is 6.61 Å². The molecule has 0 spiro atoms. The Hall–Kier alpha value is -3.35. The fourth-order valence-corrected chi connectivity index (χ4v) is 3.98. The van der Waals surface area contributed by atoms with E-state index >= 15 is 0 Å². The molecule has 0 saturated heterocycles. The summed E-state index contributed by atoms with van der Waals surface area (Å²) in [6.07, 6.45) is 0.0161. The maximum Gasteiger partial charge on any atom is 0.407 e. The largest absolute Gasteiger partial charge is 0.481 e. The molecule has 7 heteroatoms. The number of hydrogen-bond donors (Lipinski definition) is 3. The van der Waals surface area contributed by atoms with E-state index in [0.717, 1.165) is 22.3 Å². The van der Waals surface area contributed by atoms with E-state index in [2.05, 4.69) is 10.6 Å². The average molecular weight is 439 g/mol. The third-order valence-electron chi connectivity index (χ3n) is 6.32. The van der Waals surface area contributed by atoms with E-state index in [4.69, 9.17) is 4.74 Å². The summed E-state index contributed by atoms with van der Waals surface area (Å²) in [7, 11) is 0. The van der Waals surface area contributed by atoms with E-state index in [-0.39, 0.29) is 12.5 Å². The van der Waals surface area contributed by atoms with Crippen molar-refractivity contribution in [2.45, 2.75) is 57.5 Å². The Morgan fingerprint density at radius 2 is 1.53 bits per heavy atom. The summed E-state index contributed by atoms with van der Waals surface area (Å²) >= 11 is 0. The van der Waals surface area contributed by atoms with E-state index in [1.165, 1.54) is 0 Å².